The van der Waals surface area contributed by atoms with Gasteiger partial charge in [-0.3, -0.25) is 4.79 Å². The highest BCUT2D eigenvalue weighted by Gasteiger charge is 2.21. The SMILES string of the molecule is CNc1cc2[nH]c(=O)n(C3=CC=C(NC(=O)NS(=O)(=O)c4ccc(Cl)s4)CC3)c(=O)c2cc1F. The molecule has 0 aliphatic heterocycles. The molecule has 2 amide bonds. The van der Waals surface area contributed by atoms with Gasteiger partial charge in [-0.25, -0.2) is 31.7 Å². The third-order valence-corrected chi connectivity index (χ3v) is 8.04. The van der Waals surface area contributed by atoms with Crippen molar-refractivity contribution in [3.05, 3.63) is 73.1 Å². The monoisotopic (exact) mass is 525 g/mol. The minimum absolute atomic E-state index is 0.00293. The number of hydrogen-bond acceptors (Lipinski definition) is 7. The van der Waals surface area contributed by atoms with Crippen molar-refractivity contribution in [3.8, 4) is 0 Å². The molecule has 0 saturated heterocycles. The molecule has 0 spiro atoms. The summed E-state index contributed by atoms with van der Waals surface area (Å²) in [6.07, 6.45) is 3.30. The summed E-state index contributed by atoms with van der Waals surface area (Å²) in [5.74, 6) is -0.638. The Morgan fingerprint density at radius 2 is 1.97 bits per heavy atom. The third-order valence-electron chi connectivity index (χ3n) is 4.98. The highest BCUT2D eigenvalue weighted by Crippen LogP contribution is 2.25. The second-order valence-electron chi connectivity index (χ2n) is 7.17. The molecule has 0 radical (unpaired) electrons. The number of allylic oxidation sites excluding steroid dienone is 4. The van der Waals surface area contributed by atoms with Crippen molar-refractivity contribution in [3.63, 3.8) is 0 Å². The molecule has 4 N–H and O–H groups in total. The van der Waals surface area contributed by atoms with Crippen molar-refractivity contribution in [2.24, 2.45) is 0 Å². The van der Waals surface area contributed by atoms with Crippen LogP contribution >= 0.6 is 22.9 Å². The summed E-state index contributed by atoms with van der Waals surface area (Å²) in [4.78, 5) is 40.2. The van der Waals surface area contributed by atoms with Gasteiger partial charge in [0.1, 0.15) is 10.0 Å². The molecule has 1 aromatic carbocycles. The molecule has 0 atom stereocenters. The highest BCUT2D eigenvalue weighted by atomic mass is 35.5. The number of nitrogens with zero attached hydrogens (tertiary/aromatic N) is 1. The fourth-order valence-corrected chi connectivity index (χ4v) is 5.78. The van der Waals surface area contributed by atoms with Gasteiger partial charge >= 0.3 is 11.7 Å². The van der Waals surface area contributed by atoms with Crippen LogP contribution in [0.15, 0.2) is 55.9 Å². The molecule has 10 nitrogen and oxygen atoms in total. The summed E-state index contributed by atoms with van der Waals surface area (Å²) in [7, 11) is -2.56. The van der Waals surface area contributed by atoms with Crippen LogP contribution in [0, 0.1) is 5.82 Å². The van der Waals surface area contributed by atoms with Crippen molar-refractivity contribution in [1.29, 1.82) is 0 Å². The van der Waals surface area contributed by atoms with Crippen LogP contribution in [0.3, 0.4) is 0 Å². The normalized spacial score (nSPS) is 13.9. The predicted octanol–water partition coefficient (Wildman–Crippen LogP) is 2.79. The average molecular weight is 526 g/mol. The van der Waals surface area contributed by atoms with E-state index in [2.05, 4.69) is 15.6 Å². The Hall–Kier alpha value is -3.42. The van der Waals surface area contributed by atoms with Crippen LogP contribution in [-0.2, 0) is 10.0 Å². The first-order valence-corrected chi connectivity index (χ1v) is 12.4. The first kappa shape index (κ1) is 23.7. The predicted molar refractivity (Wildman–Crippen MR) is 128 cm³/mol. The van der Waals surface area contributed by atoms with Gasteiger partial charge < -0.3 is 15.6 Å². The lowest BCUT2D eigenvalue weighted by molar-refractivity contribution is 0.248. The zero-order chi connectivity index (χ0) is 24.6. The van der Waals surface area contributed by atoms with Crippen LogP contribution in [0.25, 0.3) is 16.6 Å². The molecule has 1 aliphatic carbocycles. The fraction of sp³-hybridized carbons (Fsp3) is 0.150. The second-order valence-corrected chi connectivity index (χ2v) is 10.8. The standard InChI is InChI=1S/C20H17ClFN5O5S2/c1-23-15-9-14-12(8-13(15)22)18(28)27(20(30)25-14)11-4-2-10(3-5-11)24-19(29)26-34(31,32)17-7-6-16(21)33-17/h2,4,6-9,23H,3,5H2,1H3,(H,25,30)(H2,24,26,29). The van der Waals surface area contributed by atoms with Crippen molar-refractivity contribution in [2.75, 3.05) is 12.4 Å². The van der Waals surface area contributed by atoms with Crippen LogP contribution in [0.2, 0.25) is 4.34 Å². The quantitative estimate of drug-likeness (QED) is 0.403. The van der Waals surface area contributed by atoms with E-state index in [-0.39, 0.29) is 38.0 Å². The van der Waals surface area contributed by atoms with E-state index in [4.69, 9.17) is 11.6 Å². The summed E-state index contributed by atoms with van der Waals surface area (Å²) in [6.45, 7) is 0. The van der Waals surface area contributed by atoms with Crippen LogP contribution in [0.1, 0.15) is 12.8 Å². The Labute approximate surface area is 200 Å². The molecule has 178 valence electrons. The van der Waals surface area contributed by atoms with E-state index < -0.39 is 33.1 Å². The molecule has 4 rings (SSSR count). The second kappa shape index (κ2) is 9.08. The average Bonchev–Trinajstić information content (AvgIpc) is 3.22. The molecule has 2 aromatic heterocycles. The van der Waals surface area contributed by atoms with E-state index in [0.29, 0.717) is 11.4 Å². The van der Waals surface area contributed by atoms with Crippen molar-refractivity contribution in [2.45, 2.75) is 17.1 Å². The summed E-state index contributed by atoms with van der Waals surface area (Å²) >= 11 is 6.54. The van der Waals surface area contributed by atoms with Gasteiger partial charge in [0.25, 0.3) is 15.6 Å². The van der Waals surface area contributed by atoms with Gasteiger partial charge in [-0.15, -0.1) is 11.3 Å². The van der Waals surface area contributed by atoms with Crippen LogP contribution in [0.5, 0.6) is 0 Å². The number of amides is 2. The van der Waals surface area contributed by atoms with Gasteiger partial charge in [-0.2, -0.15) is 0 Å². The van der Waals surface area contributed by atoms with E-state index >= 15 is 0 Å². The lowest BCUT2D eigenvalue weighted by atomic mass is 10.1. The third kappa shape index (κ3) is 4.62. The topological polar surface area (TPSA) is 142 Å². The number of H-pyrrole nitrogens is 1. The van der Waals surface area contributed by atoms with Crippen molar-refractivity contribution in [1.82, 2.24) is 19.6 Å². The van der Waals surface area contributed by atoms with Gasteiger partial charge in [-0.1, -0.05) is 11.6 Å². The van der Waals surface area contributed by atoms with E-state index in [1.54, 1.807) is 0 Å². The lowest BCUT2D eigenvalue weighted by Gasteiger charge is -2.17. The smallest absolute Gasteiger partial charge is 0.333 e. The molecule has 2 heterocycles. The molecule has 34 heavy (non-hydrogen) atoms. The van der Waals surface area contributed by atoms with Gasteiger partial charge in [0.05, 0.1) is 20.9 Å². The number of carbonyl (C=O) groups excluding carboxylic acids is 1. The lowest BCUT2D eigenvalue weighted by Crippen LogP contribution is -2.39. The molecule has 0 saturated carbocycles. The minimum Gasteiger partial charge on any atom is -0.386 e. The van der Waals surface area contributed by atoms with Gasteiger partial charge in [0.2, 0.25) is 0 Å². The number of aromatic amines is 1. The number of nitrogens with one attached hydrogen (secondary N) is 4. The van der Waals surface area contributed by atoms with E-state index in [1.807, 2.05) is 4.72 Å². The Morgan fingerprint density at radius 1 is 1.21 bits per heavy atom. The van der Waals surface area contributed by atoms with Gasteiger partial charge in [0.15, 0.2) is 0 Å². The van der Waals surface area contributed by atoms with Crippen LogP contribution < -0.4 is 26.6 Å². The number of urea groups is 1. The molecule has 14 heteroatoms. The molecule has 3 aromatic rings. The Bertz CT molecular complexity index is 1600. The molecule has 0 fully saturated rings. The van der Waals surface area contributed by atoms with Crippen LogP contribution in [-0.4, -0.2) is 31.0 Å². The number of fused-ring (bicyclic) bond motifs is 1. The highest BCUT2D eigenvalue weighted by molar-refractivity contribution is 7.92. The zero-order valence-corrected chi connectivity index (χ0v) is 19.8. The first-order valence-electron chi connectivity index (χ1n) is 9.74. The van der Waals surface area contributed by atoms with E-state index in [9.17, 15) is 27.2 Å². The number of rotatable bonds is 5. The fourth-order valence-electron chi connectivity index (χ4n) is 3.39. The number of carbonyl (C=O) groups is 1. The number of anilines is 1. The number of benzene rings is 1. The Balaban J connectivity index is 1.56. The summed E-state index contributed by atoms with van der Waals surface area (Å²) in [5.41, 5.74) is -0.348. The van der Waals surface area contributed by atoms with Gasteiger partial charge in [0, 0.05) is 18.4 Å². The molecule has 1 aliphatic rings. The minimum atomic E-state index is -4.08. The van der Waals surface area contributed by atoms with E-state index in [1.165, 1.54) is 37.4 Å². The molecular formula is C20H17ClFN5O5S2. The maximum Gasteiger partial charge on any atom is 0.333 e. The Morgan fingerprint density at radius 3 is 2.59 bits per heavy atom. The maximum absolute atomic E-state index is 14.2. The van der Waals surface area contributed by atoms with Gasteiger partial charge in [-0.05, 0) is 49.3 Å². The van der Waals surface area contributed by atoms with E-state index in [0.717, 1.165) is 22.0 Å². The zero-order valence-electron chi connectivity index (χ0n) is 17.4. The Kier molecular flexibility index (Phi) is 6.34. The molecule has 0 unspecified atom stereocenters. The number of aromatic nitrogens is 2. The number of hydrogen-bond donors (Lipinski definition) is 4. The molecular weight excluding hydrogens is 509 g/mol. The number of thiophene rings is 1. The van der Waals surface area contributed by atoms with Crippen molar-refractivity contribution >= 4 is 61.3 Å². The van der Waals surface area contributed by atoms with Crippen molar-refractivity contribution < 1.29 is 17.6 Å². The summed E-state index contributed by atoms with van der Waals surface area (Å²) < 4.78 is 41.5. The summed E-state index contributed by atoms with van der Waals surface area (Å²) in [6, 6.07) is 4.10. The maximum atomic E-state index is 14.2. The summed E-state index contributed by atoms with van der Waals surface area (Å²) in [5, 5.41) is 5.08. The first-order chi connectivity index (χ1) is 16.1. The number of sulfonamides is 1. The van der Waals surface area contributed by atoms with Crippen LogP contribution in [0.4, 0.5) is 14.9 Å². The number of halogens is 2. The largest absolute Gasteiger partial charge is 0.386 e. The molecule has 0 bridgehead atoms.